The van der Waals surface area contributed by atoms with Crippen LogP contribution in [0.2, 0.25) is 0 Å². The van der Waals surface area contributed by atoms with Gasteiger partial charge in [0.2, 0.25) is 23.6 Å². The number of anilines is 2. The number of aliphatic hydroxyl groups is 1. The minimum atomic E-state index is -1.35. The van der Waals surface area contributed by atoms with Crippen molar-refractivity contribution in [3.63, 3.8) is 0 Å². The number of piperidine rings is 2. The molecule has 2 fully saturated rings. The third kappa shape index (κ3) is 6.05. The van der Waals surface area contributed by atoms with Crippen molar-refractivity contribution < 1.29 is 38.7 Å². The number of fused-ring (bicyclic) bond motifs is 2. The lowest BCUT2D eigenvalue weighted by Gasteiger charge is -2.32. The van der Waals surface area contributed by atoms with Gasteiger partial charge in [0.15, 0.2) is 6.23 Å². The molecule has 18 nitrogen and oxygen atoms in total. The van der Waals surface area contributed by atoms with Crippen molar-refractivity contribution in [3.8, 4) is 11.1 Å². The summed E-state index contributed by atoms with van der Waals surface area (Å²) in [4.78, 5) is 89.9. The molecule has 3 unspecified atom stereocenters. The Hall–Kier alpha value is -6.69. The Labute approximate surface area is 306 Å². The Morgan fingerprint density at radius 2 is 1.24 bits per heavy atom. The second-order valence-corrected chi connectivity index (χ2v) is 13.3. The van der Waals surface area contributed by atoms with E-state index in [1.807, 2.05) is 12.4 Å². The van der Waals surface area contributed by atoms with Gasteiger partial charge in [-0.3, -0.25) is 63.4 Å². The third-order valence-corrected chi connectivity index (χ3v) is 10.0. The van der Waals surface area contributed by atoms with Gasteiger partial charge in [0.05, 0.1) is 36.6 Å². The quantitative estimate of drug-likeness (QED) is 0.134. The standard InChI is InChI=1S/C36H34N10O8/c47-27-9-7-25(31(49)41-27)45-33(51)21-3-1-5-23(29(21)35(45)53)37-11-13-43-17-19(15-39-43)20-16-40-44(18-20)14-12-38-24-6-2-4-22-30(24)36(54)46(34(22)52)26-8-10-28(48)42-32(26)50/h1-6,15-18,25-26,35,37-38,53H,7-14H2,(H,41,47,49)(H,42,48,50). The molecule has 2 aromatic heterocycles. The maximum atomic E-state index is 13.4. The topological polar surface area (TPSA) is 230 Å². The van der Waals surface area contributed by atoms with Crippen LogP contribution in [0.25, 0.3) is 11.1 Å². The average molecular weight is 735 g/mol. The van der Waals surface area contributed by atoms with Crippen LogP contribution in [0, 0.1) is 0 Å². The van der Waals surface area contributed by atoms with Crippen LogP contribution in [0.1, 0.15) is 68.5 Å². The molecule has 3 atom stereocenters. The molecule has 5 N–H and O–H groups in total. The molecular weight excluding hydrogens is 700 g/mol. The number of hydrogen-bond acceptors (Lipinski definition) is 12. The molecule has 6 heterocycles. The molecule has 0 spiro atoms. The summed E-state index contributed by atoms with van der Waals surface area (Å²) in [7, 11) is 0. The Kier molecular flexibility index (Phi) is 8.73. The number of benzene rings is 2. The van der Waals surface area contributed by atoms with Crippen LogP contribution < -0.4 is 21.3 Å². The minimum Gasteiger partial charge on any atom is -0.383 e. The van der Waals surface area contributed by atoms with Crippen LogP contribution in [0.4, 0.5) is 11.4 Å². The van der Waals surface area contributed by atoms with Gasteiger partial charge in [0.25, 0.3) is 17.7 Å². The smallest absolute Gasteiger partial charge is 0.264 e. The number of carbonyl (C=O) groups excluding carboxylic acids is 7. The maximum absolute atomic E-state index is 13.4. The molecule has 18 heteroatoms. The highest BCUT2D eigenvalue weighted by atomic mass is 16.3. The largest absolute Gasteiger partial charge is 0.383 e. The van der Waals surface area contributed by atoms with Crippen molar-refractivity contribution in [2.75, 3.05) is 23.7 Å². The highest BCUT2D eigenvalue weighted by Crippen LogP contribution is 2.39. The fourth-order valence-corrected chi connectivity index (χ4v) is 7.38. The first-order valence-electron chi connectivity index (χ1n) is 17.4. The number of nitrogens with zero attached hydrogens (tertiary/aromatic N) is 6. The number of nitrogens with one attached hydrogen (secondary N) is 4. The third-order valence-electron chi connectivity index (χ3n) is 10.0. The Bertz CT molecular complexity index is 2260. The van der Waals surface area contributed by atoms with Gasteiger partial charge in [0.1, 0.15) is 12.1 Å². The van der Waals surface area contributed by atoms with E-state index in [1.54, 1.807) is 58.2 Å². The summed E-state index contributed by atoms with van der Waals surface area (Å²) in [5.74, 6) is -3.74. The van der Waals surface area contributed by atoms with Crippen LogP contribution >= 0.6 is 0 Å². The molecule has 4 aliphatic rings. The molecule has 0 saturated carbocycles. The monoisotopic (exact) mass is 734 g/mol. The molecule has 0 aliphatic carbocycles. The fourth-order valence-electron chi connectivity index (χ4n) is 7.38. The minimum absolute atomic E-state index is 0.0421. The zero-order chi connectivity index (χ0) is 37.7. The molecule has 0 radical (unpaired) electrons. The highest BCUT2D eigenvalue weighted by molar-refractivity contribution is 6.25. The molecule has 54 heavy (non-hydrogen) atoms. The maximum Gasteiger partial charge on any atom is 0.264 e. The molecule has 8 rings (SSSR count). The molecule has 2 saturated heterocycles. The van der Waals surface area contributed by atoms with Crippen LogP contribution in [-0.2, 0) is 32.3 Å². The lowest BCUT2D eigenvalue weighted by molar-refractivity contribution is -0.140. The number of hydrogen-bond donors (Lipinski definition) is 5. The van der Waals surface area contributed by atoms with E-state index in [0.717, 1.165) is 20.9 Å². The van der Waals surface area contributed by atoms with Crippen LogP contribution in [0.3, 0.4) is 0 Å². The fraction of sp³-hybridized carbons (Fsp3) is 0.306. The first kappa shape index (κ1) is 34.4. The summed E-state index contributed by atoms with van der Waals surface area (Å²) in [6, 6.07) is 7.95. The summed E-state index contributed by atoms with van der Waals surface area (Å²) in [6.45, 7) is 1.66. The van der Waals surface area contributed by atoms with Gasteiger partial charge in [-0.05, 0) is 37.1 Å². The second kappa shape index (κ2) is 13.7. The summed E-state index contributed by atoms with van der Waals surface area (Å²) in [5.41, 5.74) is 3.70. The predicted molar refractivity (Wildman–Crippen MR) is 187 cm³/mol. The number of aliphatic hydroxyl groups excluding tert-OH is 1. The molecule has 4 aliphatic heterocycles. The average Bonchev–Trinajstić information content (AvgIpc) is 3.92. The lowest BCUT2D eigenvalue weighted by Crippen LogP contribution is -2.54. The normalized spacial score (nSPS) is 21.0. The van der Waals surface area contributed by atoms with Gasteiger partial charge < -0.3 is 15.7 Å². The van der Waals surface area contributed by atoms with E-state index in [4.69, 9.17) is 0 Å². The Morgan fingerprint density at radius 3 is 1.85 bits per heavy atom. The van der Waals surface area contributed by atoms with Crippen molar-refractivity contribution in [2.45, 2.75) is 57.1 Å². The van der Waals surface area contributed by atoms with Gasteiger partial charge in [-0.1, -0.05) is 12.1 Å². The van der Waals surface area contributed by atoms with Crippen LogP contribution in [-0.4, -0.2) is 101 Å². The molecule has 4 aromatic rings. The lowest BCUT2D eigenvalue weighted by atomic mass is 10.0. The van der Waals surface area contributed by atoms with Gasteiger partial charge in [-0.2, -0.15) is 10.2 Å². The van der Waals surface area contributed by atoms with Crippen molar-refractivity contribution in [3.05, 3.63) is 83.4 Å². The van der Waals surface area contributed by atoms with E-state index in [0.29, 0.717) is 48.7 Å². The van der Waals surface area contributed by atoms with E-state index in [1.165, 1.54) is 0 Å². The summed E-state index contributed by atoms with van der Waals surface area (Å²) >= 11 is 0. The first-order valence-corrected chi connectivity index (χ1v) is 17.4. The molecule has 2 aromatic carbocycles. The first-order chi connectivity index (χ1) is 26.1. The Morgan fingerprint density at radius 1 is 0.685 bits per heavy atom. The van der Waals surface area contributed by atoms with Crippen molar-refractivity contribution in [1.29, 1.82) is 0 Å². The predicted octanol–water partition coefficient (Wildman–Crippen LogP) is 0.624. The summed E-state index contributed by atoms with van der Waals surface area (Å²) in [5, 5.41) is 31.0. The molecule has 7 amide bonds. The number of aromatic nitrogens is 4. The highest BCUT2D eigenvalue weighted by Gasteiger charge is 2.47. The van der Waals surface area contributed by atoms with E-state index in [2.05, 4.69) is 31.5 Å². The summed E-state index contributed by atoms with van der Waals surface area (Å²) in [6.07, 6.45) is 6.13. The van der Waals surface area contributed by atoms with Crippen molar-refractivity contribution in [1.82, 2.24) is 40.0 Å². The van der Waals surface area contributed by atoms with Gasteiger partial charge in [-0.25, -0.2) is 0 Å². The van der Waals surface area contributed by atoms with Crippen LogP contribution in [0.15, 0.2) is 61.2 Å². The Balaban J connectivity index is 0.858. The van der Waals surface area contributed by atoms with E-state index in [-0.39, 0.29) is 36.8 Å². The van der Waals surface area contributed by atoms with Crippen LogP contribution in [0.5, 0.6) is 0 Å². The number of rotatable bonds is 11. The zero-order valence-electron chi connectivity index (χ0n) is 28.7. The SMILES string of the molecule is O=C1CCC(N2C(=O)c3cccc(NCCn4cc(-c5cnn(CCNc6cccc7c6C(O)N(C6CCC(=O)NC6=O)C7=O)c5)cn4)c3C2=O)C(=O)N1. The van der Waals surface area contributed by atoms with Crippen molar-refractivity contribution >= 4 is 52.7 Å². The molecule has 276 valence electrons. The number of imide groups is 3. The number of carbonyl (C=O) groups is 7. The molecular formula is C36H34N10O8. The zero-order valence-corrected chi connectivity index (χ0v) is 28.7. The van der Waals surface area contributed by atoms with Gasteiger partial charge >= 0.3 is 0 Å². The number of amides is 7. The second-order valence-electron chi connectivity index (χ2n) is 13.3. The van der Waals surface area contributed by atoms with Gasteiger partial charge in [0, 0.05) is 72.0 Å². The van der Waals surface area contributed by atoms with E-state index < -0.39 is 59.7 Å². The van der Waals surface area contributed by atoms with Crippen molar-refractivity contribution in [2.24, 2.45) is 0 Å². The molecule has 0 bridgehead atoms. The van der Waals surface area contributed by atoms with E-state index in [9.17, 15) is 38.7 Å². The van der Waals surface area contributed by atoms with Gasteiger partial charge in [-0.15, -0.1) is 0 Å². The summed E-state index contributed by atoms with van der Waals surface area (Å²) < 4.78 is 3.47. The van der Waals surface area contributed by atoms with E-state index >= 15 is 0 Å².